The van der Waals surface area contributed by atoms with Gasteiger partial charge in [-0.25, -0.2) is 8.78 Å². The third-order valence-corrected chi connectivity index (χ3v) is 5.26. The topological polar surface area (TPSA) is 45.2 Å². The van der Waals surface area contributed by atoms with Gasteiger partial charge in [-0.1, -0.05) is 11.6 Å². The number of hydrogen-bond acceptors (Lipinski definition) is 3. The summed E-state index contributed by atoms with van der Waals surface area (Å²) in [5.74, 6) is -2.06. The first-order valence-corrected chi connectivity index (χ1v) is 9.44. The van der Waals surface area contributed by atoms with Crippen LogP contribution in [-0.2, 0) is 0 Å². The molecule has 1 aliphatic heterocycles. The Kier molecular flexibility index (Phi) is 5.13. The molecule has 1 N–H and O–H groups in total. The van der Waals surface area contributed by atoms with Crippen LogP contribution in [0, 0.1) is 11.6 Å². The van der Waals surface area contributed by atoms with E-state index in [-0.39, 0.29) is 11.6 Å². The molecule has 0 spiro atoms. The second-order valence-corrected chi connectivity index (χ2v) is 7.29. The van der Waals surface area contributed by atoms with Gasteiger partial charge in [0.1, 0.15) is 11.6 Å². The van der Waals surface area contributed by atoms with Crippen LogP contribution < -0.4 is 10.2 Å². The molecular formula is C21H18ClF2N3O. The van der Waals surface area contributed by atoms with Crippen LogP contribution in [0.2, 0.25) is 5.02 Å². The van der Waals surface area contributed by atoms with Crippen molar-refractivity contribution in [1.29, 1.82) is 0 Å². The first-order valence-electron chi connectivity index (χ1n) is 9.06. The van der Waals surface area contributed by atoms with Crippen molar-refractivity contribution >= 4 is 34.1 Å². The zero-order chi connectivity index (χ0) is 19.7. The molecule has 1 amide bonds. The van der Waals surface area contributed by atoms with Gasteiger partial charge in [0.2, 0.25) is 0 Å². The van der Waals surface area contributed by atoms with E-state index in [0.717, 1.165) is 54.7 Å². The van der Waals surface area contributed by atoms with E-state index < -0.39 is 17.5 Å². The van der Waals surface area contributed by atoms with E-state index in [1.165, 1.54) is 6.07 Å². The number of halogens is 3. The van der Waals surface area contributed by atoms with Crippen LogP contribution in [0.3, 0.4) is 0 Å². The Hall–Kier alpha value is -2.73. The van der Waals surface area contributed by atoms with Gasteiger partial charge in [0.25, 0.3) is 5.91 Å². The molecule has 2 aromatic carbocycles. The molecule has 2 heterocycles. The highest BCUT2D eigenvalue weighted by molar-refractivity contribution is 6.31. The molecule has 144 valence electrons. The quantitative estimate of drug-likeness (QED) is 0.699. The Bertz CT molecular complexity index is 1040. The van der Waals surface area contributed by atoms with Crippen molar-refractivity contribution in [2.45, 2.75) is 18.9 Å². The van der Waals surface area contributed by atoms with E-state index in [1.807, 2.05) is 24.3 Å². The lowest BCUT2D eigenvalue weighted by Crippen LogP contribution is -2.45. The maximum atomic E-state index is 13.8. The lowest BCUT2D eigenvalue weighted by Gasteiger charge is -2.34. The zero-order valence-electron chi connectivity index (χ0n) is 15.0. The van der Waals surface area contributed by atoms with E-state index in [1.54, 1.807) is 6.20 Å². The molecule has 28 heavy (non-hydrogen) atoms. The van der Waals surface area contributed by atoms with Crippen molar-refractivity contribution in [1.82, 2.24) is 10.3 Å². The summed E-state index contributed by atoms with van der Waals surface area (Å²) in [7, 11) is 0. The smallest absolute Gasteiger partial charge is 0.254 e. The molecule has 4 nitrogen and oxygen atoms in total. The van der Waals surface area contributed by atoms with Crippen LogP contribution in [-0.4, -0.2) is 30.0 Å². The maximum Gasteiger partial charge on any atom is 0.254 e. The lowest BCUT2D eigenvalue weighted by atomic mass is 10.0. The number of nitrogens with zero attached hydrogens (tertiary/aromatic N) is 2. The number of carbonyl (C=O) groups is 1. The summed E-state index contributed by atoms with van der Waals surface area (Å²) in [4.78, 5) is 18.9. The number of rotatable bonds is 3. The monoisotopic (exact) mass is 401 g/mol. The molecule has 0 saturated carbocycles. The van der Waals surface area contributed by atoms with Crippen molar-refractivity contribution in [3.8, 4) is 0 Å². The highest BCUT2D eigenvalue weighted by Gasteiger charge is 2.23. The minimum Gasteiger partial charge on any atom is -0.371 e. The molecular weight excluding hydrogens is 384 g/mol. The van der Waals surface area contributed by atoms with Crippen LogP contribution in [0.4, 0.5) is 14.5 Å². The molecule has 0 aliphatic carbocycles. The van der Waals surface area contributed by atoms with Crippen LogP contribution in [0.1, 0.15) is 23.2 Å². The highest BCUT2D eigenvalue weighted by atomic mass is 35.5. The Labute approximate surface area is 166 Å². The van der Waals surface area contributed by atoms with Crippen molar-refractivity contribution < 1.29 is 13.6 Å². The first kappa shape index (κ1) is 18.6. The summed E-state index contributed by atoms with van der Waals surface area (Å²) < 4.78 is 26.8. The molecule has 1 aromatic heterocycles. The number of piperidine rings is 1. The van der Waals surface area contributed by atoms with Gasteiger partial charge >= 0.3 is 0 Å². The largest absolute Gasteiger partial charge is 0.371 e. The van der Waals surface area contributed by atoms with Crippen molar-refractivity contribution in [2.24, 2.45) is 0 Å². The van der Waals surface area contributed by atoms with E-state index in [9.17, 15) is 13.6 Å². The lowest BCUT2D eigenvalue weighted by molar-refractivity contribution is 0.0927. The predicted molar refractivity (Wildman–Crippen MR) is 106 cm³/mol. The van der Waals surface area contributed by atoms with Gasteiger partial charge in [-0.15, -0.1) is 0 Å². The number of benzene rings is 2. The van der Waals surface area contributed by atoms with E-state index in [0.29, 0.717) is 5.02 Å². The maximum absolute atomic E-state index is 13.8. The summed E-state index contributed by atoms with van der Waals surface area (Å²) in [6.45, 7) is 1.50. The number of pyridine rings is 1. The van der Waals surface area contributed by atoms with Gasteiger partial charge < -0.3 is 10.2 Å². The molecule has 7 heteroatoms. The van der Waals surface area contributed by atoms with Crippen molar-refractivity contribution in [3.63, 3.8) is 0 Å². The van der Waals surface area contributed by atoms with Gasteiger partial charge in [-0.05, 0) is 49.2 Å². The van der Waals surface area contributed by atoms with Crippen molar-refractivity contribution in [2.75, 3.05) is 18.0 Å². The fourth-order valence-electron chi connectivity index (χ4n) is 3.58. The van der Waals surface area contributed by atoms with Crippen molar-refractivity contribution in [3.05, 3.63) is 70.9 Å². The Morgan fingerprint density at radius 1 is 1.11 bits per heavy atom. The van der Waals surface area contributed by atoms with Crippen LogP contribution in [0.25, 0.3) is 10.9 Å². The van der Waals surface area contributed by atoms with E-state index in [2.05, 4.69) is 15.2 Å². The third-order valence-electron chi connectivity index (χ3n) is 5.03. The second kappa shape index (κ2) is 7.72. The summed E-state index contributed by atoms with van der Waals surface area (Å²) in [5.41, 5.74) is 1.78. The number of fused-ring (bicyclic) bond motifs is 1. The fourth-order valence-corrected chi connectivity index (χ4v) is 3.75. The molecule has 3 aromatic rings. The fraction of sp³-hybridized carbons (Fsp3) is 0.238. The number of aromatic nitrogens is 1. The van der Waals surface area contributed by atoms with Crippen LogP contribution in [0.15, 0.2) is 48.7 Å². The van der Waals surface area contributed by atoms with Gasteiger partial charge in [-0.2, -0.15) is 0 Å². The van der Waals surface area contributed by atoms with Gasteiger partial charge in [0, 0.05) is 47.5 Å². The van der Waals surface area contributed by atoms with Crippen LogP contribution >= 0.6 is 11.6 Å². The van der Waals surface area contributed by atoms with Gasteiger partial charge in [-0.3, -0.25) is 9.78 Å². The minimum atomic E-state index is -0.850. The predicted octanol–water partition coefficient (Wildman–Crippen LogP) is 4.57. The molecule has 0 radical (unpaired) electrons. The first-order chi connectivity index (χ1) is 13.5. The number of amides is 1. The molecule has 1 fully saturated rings. The summed E-state index contributed by atoms with van der Waals surface area (Å²) >= 11 is 6.05. The molecule has 1 saturated heterocycles. The number of hydrogen-bond donors (Lipinski definition) is 1. The third kappa shape index (κ3) is 3.78. The SMILES string of the molecule is O=C(NC1CCN(c2ccnc3cc(Cl)ccc23)CC1)c1ccc(F)cc1F. The number of anilines is 1. The number of carbonyl (C=O) groups excluding carboxylic acids is 1. The summed E-state index contributed by atoms with van der Waals surface area (Å²) in [6, 6.07) is 10.5. The van der Waals surface area contributed by atoms with Gasteiger partial charge in [0.05, 0.1) is 11.1 Å². The van der Waals surface area contributed by atoms with Gasteiger partial charge in [0.15, 0.2) is 0 Å². The Balaban J connectivity index is 1.43. The van der Waals surface area contributed by atoms with E-state index in [4.69, 9.17) is 11.6 Å². The van der Waals surface area contributed by atoms with Crippen LogP contribution in [0.5, 0.6) is 0 Å². The second-order valence-electron chi connectivity index (χ2n) is 6.85. The van der Waals surface area contributed by atoms with E-state index >= 15 is 0 Å². The Morgan fingerprint density at radius 2 is 1.89 bits per heavy atom. The molecule has 0 atom stereocenters. The average Bonchev–Trinajstić information content (AvgIpc) is 2.68. The molecule has 1 aliphatic rings. The summed E-state index contributed by atoms with van der Waals surface area (Å²) in [6.07, 6.45) is 3.22. The Morgan fingerprint density at radius 3 is 2.64 bits per heavy atom. The highest BCUT2D eigenvalue weighted by Crippen LogP contribution is 2.29. The molecule has 0 unspecified atom stereocenters. The molecule has 0 bridgehead atoms. The average molecular weight is 402 g/mol. The number of nitrogens with one attached hydrogen (secondary N) is 1. The summed E-state index contributed by atoms with van der Waals surface area (Å²) in [5, 5.41) is 4.53. The standard InChI is InChI=1S/C21H18ClF2N3O/c22-13-1-3-17-19(11-13)25-8-5-20(17)27-9-6-15(7-10-27)26-21(28)16-4-2-14(23)12-18(16)24/h1-5,8,11-12,15H,6-7,9-10H2,(H,26,28). The zero-order valence-corrected chi connectivity index (χ0v) is 15.7. The minimum absolute atomic E-state index is 0.0595. The normalized spacial score (nSPS) is 15.0. The molecule has 4 rings (SSSR count).